The molecule has 21 heavy (non-hydrogen) atoms. The zero-order valence-electron chi connectivity index (χ0n) is 12.0. The number of anilines is 1. The zero-order valence-corrected chi connectivity index (χ0v) is 12.0. The van der Waals surface area contributed by atoms with Gasteiger partial charge < -0.3 is 4.74 Å². The van der Waals surface area contributed by atoms with Gasteiger partial charge in [-0.05, 0) is 42.7 Å². The van der Waals surface area contributed by atoms with Gasteiger partial charge in [0, 0.05) is 12.2 Å². The lowest BCUT2D eigenvalue weighted by atomic mass is 10.1. The molecule has 0 atom stereocenters. The van der Waals surface area contributed by atoms with E-state index < -0.39 is 0 Å². The summed E-state index contributed by atoms with van der Waals surface area (Å²) in [5.74, 6) is 1.61. The highest BCUT2D eigenvalue weighted by atomic mass is 16.5. The summed E-state index contributed by atoms with van der Waals surface area (Å²) in [5.41, 5.74) is 0.959. The molecule has 2 aromatic rings. The summed E-state index contributed by atoms with van der Waals surface area (Å²) < 4.78 is 5.20. The monoisotopic (exact) mass is 282 g/mol. The molecule has 0 N–H and O–H groups in total. The van der Waals surface area contributed by atoms with Gasteiger partial charge in [-0.2, -0.15) is 0 Å². The van der Waals surface area contributed by atoms with E-state index in [4.69, 9.17) is 4.74 Å². The average Bonchev–Trinajstić information content (AvgIpc) is 3.33. The molecule has 1 saturated carbocycles. The molecule has 1 aliphatic carbocycles. The van der Waals surface area contributed by atoms with Crippen molar-refractivity contribution < 1.29 is 9.53 Å². The normalized spacial score (nSPS) is 13.8. The maximum atomic E-state index is 12.6. The molecule has 1 aromatic carbocycles. The van der Waals surface area contributed by atoms with Crippen molar-refractivity contribution in [1.82, 2.24) is 4.98 Å². The van der Waals surface area contributed by atoms with Gasteiger partial charge >= 0.3 is 0 Å². The number of ether oxygens (including phenoxy) is 1. The van der Waals surface area contributed by atoms with E-state index in [2.05, 4.69) is 4.98 Å². The predicted molar refractivity (Wildman–Crippen MR) is 81.4 cm³/mol. The number of hydrogen-bond donors (Lipinski definition) is 0. The molecule has 1 aromatic heterocycles. The Balaban J connectivity index is 1.78. The number of carbonyl (C=O) groups is 1. The third-order valence-corrected chi connectivity index (χ3v) is 3.57. The smallest absolute Gasteiger partial charge is 0.232 e. The first kappa shape index (κ1) is 13.6. The number of aromatic nitrogens is 1. The van der Waals surface area contributed by atoms with Crippen molar-refractivity contribution in [2.24, 2.45) is 0 Å². The van der Waals surface area contributed by atoms with E-state index in [1.165, 1.54) is 0 Å². The van der Waals surface area contributed by atoms with Gasteiger partial charge in [0.1, 0.15) is 11.6 Å². The number of rotatable bonds is 5. The molecule has 0 bridgehead atoms. The molecule has 1 aliphatic rings. The van der Waals surface area contributed by atoms with Crippen molar-refractivity contribution in [2.75, 3.05) is 12.0 Å². The maximum Gasteiger partial charge on any atom is 0.232 e. The second-order valence-electron chi connectivity index (χ2n) is 5.21. The van der Waals surface area contributed by atoms with Gasteiger partial charge in [0.2, 0.25) is 5.91 Å². The Labute approximate surface area is 124 Å². The Kier molecular flexibility index (Phi) is 3.86. The lowest BCUT2D eigenvalue weighted by Crippen LogP contribution is -2.34. The van der Waals surface area contributed by atoms with Crippen LogP contribution < -0.4 is 9.64 Å². The third-order valence-electron chi connectivity index (χ3n) is 3.57. The van der Waals surface area contributed by atoms with Crippen molar-refractivity contribution in [3.8, 4) is 5.75 Å². The predicted octanol–water partition coefficient (Wildman–Crippen LogP) is 2.83. The number of nitrogens with zero attached hydrogens (tertiary/aromatic N) is 2. The van der Waals surface area contributed by atoms with Crippen LogP contribution in [-0.2, 0) is 11.2 Å². The van der Waals surface area contributed by atoms with Crippen LogP contribution in [-0.4, -0.2) is 24.0 Å². The Bertz CT molecular complexity index is 624. The molecule has 0 aliphatic heterocycles. The van der Waals surface area contributed by atoms with Crippen molar-refractivity contribution in [1.29, 1.82) is 0 Å². The summed E-state index contributed by atoms with van der Waals surface area (Å²) in [6, 6.07) is 13.6. The number of carbonyl (C=O) groups excluding carboxylic acids is 1. The minimum absolute atomic E-state index is 0.0875. The van der Waals surface area contributed by atoms with Gasteiger partial charge in [-0.1, -0.05) is 18.2 Å². The molecule has 0 spiro atoms. The quantitative estimate of drug-likeness (QED) is 0.847. The Hall–Kier alpha value is -2.36. The zero-order chi connectivity index (χ0) is 14.7. The minimum Gasteiger partial charge on any atom is -0.497 e. The van der Waals surface area contributed by atoms with E-state index in [1.54, 1.807) is 13.3 Å². The molecule has 3 rings (SSSR count). The van der Waals surface area contributed by atoms with E-state index in [0.717, 1.165) is 30.0 Å². The van der Waals surface area contributed by atoms with E-state index >= 15 is 0 Å². The fourth-order valence-electron chi connectivity index (χ4n) is 2.39. The average molecular weight is 282 g/mol. The van der Waals surface area contributed by atoms with Crippen molar-refractivity contribution >= 4 is 11.7 Å². The van der Waals surface area contributed by atoms with Crippen LogP contribution in [0.5, 0.6) is 5.75 Å². The van der Waals surface area contributed by atoms with Gasteiger partial charge in [0.25, 0.3) is 0 Å². The van der Waals surface area contributed by atoms with E-state index in [-0.39, 0.29) is 5.91 Å². The number of benzene rings is 1. The fraction of sp³-hybridized carbons (Fsp3) is 0.294. The Morgan fingerprint density at radius 1 is 1.29 bits per heavy atom. The molecule has 108 valence electrons. The molecule has 1 heterocycles. The van der Waals surface area contributed by atoms with Crippen LogP contribution in [0.25, 0.3) is 0 Å². The van der Waals surface area contributed by atoms with Crippen LogP contribution in [0.3, 0.4) is 0 Å². The Morgan fingerprint density at radius 3 is 2.81 bits per heavy atom. The molecular weight excluding hydrogens is 264 g/mol. The van der Waals surface area contributed by atoms with Crippen molar-refractivity contribution in [2.45, 2.75) is 25.3 Å². The molecule has 4 heteroatoms. The highest BCUT2D eigenvalue weighted by Gasteiger charge is 2.34. The topological polar surface area (TPSA) is 42.4 Å². The van der Waals surface area contributed by atoms with Gasteiger partial charge in [0.15, 0.2) is 0 Å². The SMILES string of the molecule is COc1cccc(CC(=O)N(c2ccccn2)C2CC2)c1. The minimum atomic E-state index is 0.0875. The van der Waals surface area contributed by atoms with E-state index in [1.807, 2.05) is 47.4 Å². The standard InChI is InChI=1S/C17H18N2O2/c1-21-15-6-4-5-13(11-15)12-17(20)19(14-8-9-14)16-7-2-3-10-18-16/h2-7,10-11,14H,8-9,12H2,1H3. The number of methoxy groups -OCH3 is 1. The van der Waals surface area contributed by atoms with Gasteiger partial charge in [-0.25, -0.2) is 4.98 Å². The molecule has 0 saturated heterocycles. The maximum absolute atomic E-state index is 12.6. The van der Waals surface area contributed by atoms with Gasteiger partial charge in [0.05, 0.1) is 13.5 Å². The van der Waals surface area contributed by atoms with E-state index in [0.29, 0.717) is 12.5 Å². The first-order chi connectivity index (χ1) is 10.3. The summed E-state index contributed by atoms with van der Waals surface area (Å²) in [6.45, 7) is 0. The van der Waals surface area contributed by atoms with Crippen LogP contribution >= 0.6 is 0 Å². The Morgan fingerprint density at radius 2 is 2.14 bits per heavy atom. The highest BCUT2D eigenvalue weighted by molar-refractivity contribution is 5.95. The first-order valence-electron chi connectivity index (χ1n) is 7.14. The summed E-state index contributed by atoms with van der Waals surface area (Å²) in [5, 5.41) is 0. The van der Waals surface area contributed by atoms with Crippen molar-refractivity contribution in [3.63, 3.8) is 0 Å². The lowest BCUT2D eigenvalue weighted by Gasteiger charge is -2.21. The molecule has 0 unspecified atom stereocenters. The third kappa shape index (κ3) is 3.21. The summed E-state index contributed by atoms with van der Waals surface area (Å²) in [4.78, 5) is 18.8. The fourth-order valence-corrected chi connectivity index (χ4v) is 2.39. The first-order valence-corrected chi connectivity index (χ1v) is 7.14. The molecule has 1 amide bonds. The van der Waals surface area contributed by atoms with Crippen LogP contribution in [0.15, 0.2) is 48.7 Å². The number of pyridine rings is 1. The second kappa shape index (κ2) is 5.95. The molecule has 1 fully saturated rings. The number of amides is 1. The summed E-state index contributed by atoms with van der Waals surface area (Å²) in [6.07, 6.45) is 4.20. The lowest BCUT2D eigenvalue weighted by molar-refractivity contribution is -0.118. The molecule has 0 radical (unpaired) electrons. The van der Waals surface area contributed by atoms with Crippen LogP contribution in [0.1, 0.15) is 18.4 Å². The van der Waals surface area contributed by atoms with Crippen LogP contribution in [0, 0.1) is 0 Å². The highest BCUT2D eigenvalue weighted by Crippen LogP contribution is 2.31. The number of hydrogen-bond acceptors (Lipinski definition) is 3. The van der Waals surface area contributed by atoms with E-state index in [9.17, 15) is 4.79 Å². The van der Waals surface area contributed by atoms with Gasteiger partial charge in [-0.15, -0.1) is 0 Å². The van der Waals surface area contributed by atoms with Crippen molar-refractivity contribution in [3.05, 3.63) is 54.2 Å². The molecule has 4 nitrogen and oxygen atoms in total. The summed E-state index contributed by atoms with van der Waals surface area (Å²) in [7, 11) is 1.63. The van der Waals surface area contributed by atoms with Crippen LogP contribution in [0.4, 0.5) is 5.82 Å². The van der Waals surface area contributed by atoms with Gasteiger partial charge in [-0.3, -0.25) is 9.69 Å². The molecular formula is C17H18N2O2. The largest absolute Gasteiger partial charge is 0.497 e. The summed E-state index contributed by atoms with van der Waals surface area (Å²) >= 11 is 0. The van der Waals surface area contributed by atoms with Crippen LogP contribution in [0.2, 0.25) is 0 Å². The second-order valence-corrected chi connectivity index (χ2v) is 5.21.